The second-order valence-corrected chi connectivity index (χ2v) is 7.35. The van der Waals surface area contributed by atoms with Gasteiger partial charge >= 0.3 is 5.97 Å². The Morgan fingerprint density at radius 1 is 1.37 bits per heavy atom. The smallest absolute Gasteiger partial charge is 0.354 e. The van der Waals surface area contributed by atoms with Crippen LogP contribution in [-0.2, 0) is 14.6 Å². The maximum Gasteiger partial charge on any atom is 0.354 e. The van der Waals surface area contributed by atoms with Gasteiger partial charge in [0.15, 0.2) is 9.84 Å². The number of H-pyrrole nitrogens is 1. The summed E-state index contributed by atoms with van der Waals surface area (Å²) in [6.45, 7) is 4.15. The summed E-state index contributed by atoms with van der Waals surface area (Å²) in [6.07, 6.45) is 0.951. The summed E-state index contributed by atoms with van der Waals surface area (Å²) in [5.41, 5.74) is 0.409. The zero-order valence-electron chi connectivity index (χ0n) is 11.1. The van der Waals surface area contributed by atoms with Gasteiger partial charge in [0.2, 0.25) is 5.91 Å². The Bertz CT molecular complexity index is 628. The van der Waals surface area contributed by atoms with Crippen molar-refractivity contribution in [3.8, 4) is 0 Å². The van der Waals surface area contributed by atoms with Crippen molar-refractivity contribution < 1.29 is 23.1 Å². The average molecular weight is 288 g/mol. The van der Waals surface area contributed by atoms with Gasteiger partial charge in [-0.2, -0.15) is 0 Å². The van der Waals surface area contributed by atoms with E-state index in [-0.39, 0.29) is 11.4 Å². The summed E-state index contributed by atoms with van der Waals surface area (Å²) in [7, 11) is -3.62. The molecule has 1 heterocycles. The number of aryl methyl sites for hydroxylation is 1. The third kappa shape index (κ3) is 2.95. The van der Waals surface area contributed by atoms with Crippen molar-refractivity contribution in [2.75, 3.05) is 11.6 Å². The van der Waals surface area contributed by atoms with Crippen LogP contribution in [0.25, 0.3) is 0 Å². The van der Waals surface area contributed by atoms with Gasteiger partial charge in [-0.05, 0) is 26.8 Å². The number of anilines is 1. The van der Waals surface area contributed by atoms with E-state index in [0.29, 0.717) is 5.69 Å². The quantitative estimate of drug-likeness (QED) is 0.757. The predicted octanol–water partition coefficient (Wildman–Crippen LogP) is 0.783. The van der Waals surface area contributed by atoms with Crippen LogP contribution >= 0.6 is 0 Å². The normalized spacial score (nSPS) is 12.2. The minimum atomic E-state index is -3.62. The molecule has 0 bridgehead atoms. The van der Waals surface area contributed by atoms with E-state index in [2.05, 4.69) is 10.3 Å². The number of carbonyl (C=O) groups excluding carboxylic acids is 1. The number of aromatic amines is 1. The number of carboxylic acids is 1. The summed E-state index contributed by atoms with van der Waals surface area (Å²) in [4.78, 5) is 25.5. The highest BCUT2D eigenvalue weighted by Crippen LogP contribution is 2.22. The Hall–Kier alpha value is -1.83. The maximum absolute atomic E-state index is 12.0. The summed E-state index contributed by atoms with van der Waals surface area (Å²) in [5, 5.41) is 11.3. The van der Waals surface area contributed by atoms with Crippen LogP contribution in [0, 0.1) is 6.92 Å². The van der Waals surface area contributed by atoms with Crippen LogP contribution in [0.3, 0.4) is 0 Å². The van der Waals surface area contributed by atoms with Gasteiger partial charge in [-0.15, -0.1) is 0 Å². The number of rotatable bonds is 4. The van der Waals surface area contributed by atoms with Crippen molar-refractivity contribution in [1.29, 1.82) is 0 Å². The third-order valence-electron chi connectivity index (χ3n) is 2.89. The van der Waals surface area contributed by atoms with Gasteiger partial charge in [-0.3, -0.25) is 4.79 Å². The minimum absolute atomic E-state index is 0.0479. The lowest BCUT2D eigenvalue weighted by molar-refractivity contribution is -0.117. The van der Waals surface area contributed by atoms with Crippen LogP contribution in [0.15, 0.2) is 6.07 Å². The molecule has 3 N–H and O–H groups in total. The fraction of sp³-hybridized carbons (Fsp3) is 0.455. The first-order valence-electron chi connectivity index (χ1n) is 5.40. The molecule has 8 heteroatoms. The number of aromatic nitrogens is 1. The van der Waals surface area contributed by atoms with Crippen molar-refractivity contribution in [1.82, 2.24) is 4.98 Å². The summed E-state index contributed by atoms with van der Waals surface area (Å²) in [5.74, 6) is -2.02. The minimum Gasteiger partial charge on any atom is -0.477 e. The monoisotopic (exact) mass is 288 g/mol. The largest absolute Gasteiger partial charge is 0.477 e. The van der Waals surface area contributed by atoms with Crippen molar-refractivity contribution in [2.24, 2.45) is 0 Å². The molecule has 7 nitrogen and oxygen atoms in total. The molecule has 19 heavy (non-hydrogen) atoms. The first-order chi connectivity index (χ1) is 8.46. The van der Waals surface area contributed by atoms with E-state index in [0.717, 1.165) is 6.26 Å². The van der Waals surface area contributed by atoms with E-state index < -0.39 is 26.5 Å². The number of nitrogens with one attached hydrogen (secondary N) is 2. The molecule has 0 saturated carbocycles. The fourth-order valence-corrected chi connectivity index (χ4v) is 1.69. The van der Waals surface area contributed by atoms with Crippen LogP contribution in [0.2, 0.25) is 0 Å². The van der Waals surface area contributed by atoms with Crippen molar-refractivity contribution in [3.05, 3.63) is 17.5 Å². The summed E-state index contributed by atoms with van der Waals surface area (Å²) in [6, 6.07) is 1.43. The molecule has 0 aromatic carbocycles. The molecule has 1 rings (SSSR count). The molecule has 0 fully saturated rings. The molecule has 0 saturated heterocycles. The zero-order chi connectivity index (χ0) is 15.0. The van der Waals surface area contributed by atoms with Gasteiger partial charge in [0, 0.05) is 11.9 Å². The average Bonchev–Trinajstić information content (AvgIpc) is 2.57. The van der Waals surface area contributed by atoms with E-state index in [1.807, 2.05) is 0 Å². The van der Waals surface area contributed by atoms with Crippen LogP contribution in [0.4, 0.5) is 5.69 Å². The summed E-state index contributed by atoms with van der Waals surface area (Å²) >= 11 is 0. The van der Waals surface area contributed by atoms with Crippen LogP contribution in [-0.4, -0.2) is 41.4 Å². The van der Waals surface area contributed by atoms with Crippen molar-refractivity contribution >= 4 is 27.4 Å². The van der Waals surface area contributed by atoms with Crippen molar-refractivity contribution in [2.45, 2.75) is 25.5 Å². The second kappa shape index (κ2) is 4.69. The van der Waals surface area contributed by atoms with E-state index in [9.17, 15) is 18.0 Å². The molecule has 0 spiro atoms. The lowest BCUT2D eigenvalue weighted by atomic mass is 10.2. The molecule has 106 valence electrons. The molecule has 0 atom stereocenters. The molecule has 0 aliphatic heterocycles. The fourth-order valence-electron chi connectivity index (χ4n) is 1.30. The Morgan fingerprint density at radius 2 is 1.89 bits per heavy atom. The Kier molecular flexibility index (Phi) is 3.76. The lowest BCUT2D eigenvalue weighted by Crippen LogP contribution is -2.44. The van der Waals surface area contributed by atoms with E-state index in [4.69, 9.17) is 5.11 Å². The van der Waals surface area contributed by atoms with Gasteiger partial charge in [0.05, 0.1) is 5.69 Å². The van der Waals surface area contributed by atoms with Crippen LogP contribution < -0.4 is 5.32 Å². The highest BCUT2D eigenvalue weighted by atomic mass is 32.2. The highest BCUT2D eigenvalue weighted by molar-refractivity contribution is 7.92. The molecule has 0 unspecified atom stereocenters. The summed E-state index contributed by atoms with van der Waals surface area (Å²) < 4.78 is 21.4. The van der Waals surface area contributed by atoms with Gasteiger partial charge in [-0.25, -0.2) is 13.2 Å². The Balaban J connectivity index is 3.11. The van der Waals surface area contributed by atoms with Gasteiger partial charge in [-0.1, -0.05) is 0 Å². The number of hydrogen-bond acceptors (Lipinski definition) is 4. The standard InChI is InChI=1S/C11H16N2O5S/c1-6-5-7(8(12-6)9(14)15)13-10(16)11(2,3)19(4,17)18/h5,12H,1-4H3,(H,13,16)(H,14,15). The molecular weight excluding hydrogens is 272 g/mol. The second-order valence-electron chi connectivity index (χ2n) is 4.78. The van der Waals surface area contributed by atoms with Crippen LogP contribution in [0.1, 0.15) is 30.0 Å². The van der Waals surface area contributed by atoms with E-state index in [1.165, 1.54) is 19.9 Å². The molecule has 0 aliphatic rings. The first kappa shape index (κ1) is 15.2. The van der Waals surface area contributed by atoms with Gasteiger partial charge in [0.25, 0.3) is 0 Å². The number of hydrogen-bond donors (Lipinski definition) is 3. The third-order valence-corrected chi connectivity index (χ3v) is 4.93. The van der Waals surface area contributed by atoms with Crippen LogP contribution in [0.5, 0.6) is 0 Å². The lowest BCUT2D eigenvalue weighted by Gasteiger charge is -2.21. The molecule has 1 aromatic rings. The van der Waals surface area contributed by atoms with E-state index >= 15 is 0 Å². The predicted molar refractivity (Wildman–Crippen MR) is 70.0 cm³/mol. The molecule has 1 amide bonds. The molecule has 0 aliphatic carbocycles. The SMILES string of the molecule is Cc1cc(NC(=O)C(C)(C)S(C)(=O)=O)c(C(=O)O)[nH]1. The Labute approximate surface area is 110 Å². The molecule has 1 aromatic heterocycles. The topological polar surface area (TPSA) is 116 Å². The van der Waals surface area contributed by atoms with Gasteiger partial charge in [0.1, 0.15) is 10.4 Å². The number of aromatic carboxylic acids is 1. The maximum atomic E-state index is 12.0. The molecular formula is C11H16N2O5S. The Morgan fingerprint density at radius 3 is 2.32 bits per heavy atom. The number of sulfone groups is 1. The van der Waals surface area contributed by atoms with E-state index in [1.54, 1.807) is 6.92 Å². The number of carbonyl (C=O) groups is 2. The van der Waals surface area contributed by atoms with Gasteiger partial charge < -0.3 is 15.4 Å². The zero-order valence-corrected chi connectivity index (χ0v) is 11.9. The van der Waals surface area contributed by atoms with Crippen molar-refractivity contribution in [3.63, 3.8) is 0 Å². The highest BCUT2D eigenvalue weighted by Gasteiger charge is 2.39. The first-order valence-corrected chi connectivity index (χ1v) is 7.30. The number of carboxylic acid groups (broad SMARTS) is 1. The molecule has 0 radical (unpaired) electrons. The number of amides is 1.